The van der Waals surface area contributed by atoms with Crippen molar-refractivity contribution in [1.82, 2.24) is 60.0 Å². The molecule has 3 N–H and O–H groups in total. The fraction of sp³-hybridized carbons (Fsp3) is 0.844. The van der Waals surface area contributed by atoms with E-state index in [0.29, 0.717) is 44.9 Å². The van der Waals surface area contributed by atoms with E-state index >= 15 is 51.9 Å². The van der Waals surface area contributed by atoms with Gasteiger partial charge < -0.3 is 69.5 Å². The van der Waals surface area contributed by atoms with Gasteiger partial charge in [-0.05, 0) is 152 Å². The molecule has 2 bridgehead atoms. The van der Waals surface area contributed by atoms with Crippen molar-refractivity contribution in [3.63, 3.8) is 0 Å². The van der Waals surface area contributed by atoms with E-state index in [0.717, 1.165) is 24.5 Å². The molecule has 628 valence electrons. The number of halogens is 8. The van der Waals surface area contributed by atoms with Gasteiger partial charge in [-0.1, -0.05) is 53.9 Å². The molecule has 4 aliphatic carbocycles. The van der Waals surface area contributed by atoms with Gasteiger partial charge in [-0.3, -0.25) is 57.5 Å². The number of ether oxygens (including phenoxy) is 2. The summed E-state index contributed by atoms with van der Waals surface area (Å²) in [6.07, 6.45) is -16.0. The number of nitrogens with zero attached hydrogens (tertiary/aromatic N) is 9. The fourth-order valence-electron chi connectivity index (χ4n) is 17.9. The number of carbonyl (C=O) groups excluding carboxylic acids is 12. The molecule has 12 amide bonds. The summed E-state index contributed by atoms with van der Waals surface area (Å²) in [4.78, 5) is 194. The standard InChI is InChI=1S/C77H120F8N12O14/c1-13-45(3)63-71(107)90(8)44-61(100)91(9)54-22-17-18-31-96(70(54)106)57(38-46-23-26-49(27-24-46)76(80,81)82)68(104)89(7)43-59(98)86-53(28-25-47-36-51(78)62(52(79)37-47)77(83,84)85)67(103)97-42-50(111-14-2)39-55(97)66(102)88-75(29-19-30-75)73(109)94(12)64(48-20-15-16-21-48)72(108)93(11)56(69(105)95-32-34-110-35-33-95)40-60(99)92(10)58(65(101)87-63)41-74(4,5)6/h45-58,62-64H,13-44H2,1-12H3,(H,86,98)(H,87,101)(H,88,102)/t45-,46?,47?,49?,50+,51?,52?,53-,54-,55-,56-,57-,58-,62?,63-,64-/m0/s1. The summed E-state index contributed by atoms with van der Waals surface area (Å²) in [7, 11) is 8.10. The van der Waals surface area contributed by atoms with E-state index in [1.165, 1.54) is 61.9 Å². The van der Waals surface area contributed by atoms with Crippen LogP contribution in [-0.4, -0.2) is 301 Å². The molecular weight excluding hydrogens is 1470 g/mol. The summed E-state index contributed by atoms with van der Waals surface area (Å²) >= 11 is 0. The van der Waals surface area contributed by atoms with Gasteiger partial charge in [0.05, 0.1) is 44.7 Å². The second-order valence-corrected chi connectivity index (χ2v) is 34.0. The van der Waals surface area contributed by atoms with Gasteiger partial charge in [-0.15, -0.1) is 0 Å². The first kappa shape index (κ1) is 89.5. The van der Waals surface area contributed by atoms with Crippen molar-refractivity contribution in [3.8, 4) is 0 Å². The van der Waals surface area contributed by atoms with Crippen molar-refractivity contribution in [2.75, 3.05) is 101 Å². The van der Waals surface area contributed by atoms with E-state index in [1.54, 1.807) is 20.8 Å². The first-order valence-electron chi connectivity index (χ1n) is 40.0. The maximum atomic E-state index is 15.8. The van der Waals surface area contributed by atoms with Crippen LogP contribution in [0.2, 0.25) is 0 Å². The maximum Gasteiger partial charge on any atom is 0.397 e. The molecule has 4 aliphatic heterocycles. The first-order chi connectivity index (χ1) is 52.0. The third kappa shape index (κ3) is 21.9. The molecule has 8 fully saturated rings. The molecule has 1 spiro atoms. The molecule has 4 saturated carbocycles. The van der Waals surface area contributed by atoms with Crippen molar-refractivity contribution >= 4 is 70.9 Å². The van der Waals surface area contributed by atoms with Crippen LogP contribution in [0.25, 0.3) is 0 Å². The maximum absolute atomic E-state index is 15.8. The predicted molar refractivity (Wildman–Crippen MR) is 390 cm³/mol. The zero-order valence-electron chi connectivity index (χ0n) is 66.7. The number of hydrogen-bond donors (Lipinski definition) is 3. The number of fused-ring (bicyclic) bond motifs is 3. The lowest BCUT2D eigenvalue weighted by Gasteiger charge is -2.47. The van der Waals surface area contributed by atoms with Gasteiger partial charge in [0.1, 0.15) is 72.1 Å². The fourth-order valence-corrected chi connectivity index (χ4v) is 17.9. The monoisotopic (exact) mass is 1590 g/mol. The van der Waals surface area contributed by atoms with Crippen LogP contribution in [-0.2, 0) is 67.0 Å². The summed E-state index contributed by atoms with van der Waals surface area (Å²) in [5, 5.41) is 8.47. The molecule has 12 atom stereocenters. The normalized spacial score (nSPS) is 32.2. The summed E-state index contributed by atoms with van der Waals surface area (Å²) in [5.74, 6) is -16.6. The number of hydrogen-bond acceptors (Lipinski definition) is 14. The van der Waals surface area contributed by atoms with Crippen LogP contribution in [0.3, 0.4) is 0 Å². The zero-order valence-corrected chi connectivity index (χ0v) is 66.7. The van der Waals surface area contributed by atoms with Crippen LogP contribution < -0.4 is 16.0 Å². The lowest BCUT2D eigenvalue weighted by Crippen LogP contribution is -2.68. The lowest BCUT2D eigenvalue weighted by atomic mass is 9.74. The Bertz CT molecular complexity index is 3300. The number of rotatable bonds is 12. The molecule has 8 rings (SSSR count). The minimum Gasteiger partial charge on any atom is -0.378 e. The Labute approximate surface area is 646 Å². The average molecular weight is 1590 g/mol. The molecule has 26 nitrogen and oxygen atoms in total. The topological polar surface area (TPSA) is 289 Å². The molecule has 0 aromatic carbocycles. The summed E-state index contributed by atoms with van der Waals surface area (Å²) in [5.41, 5.74) is -2.37. The molecule has 0 aromatic heterocycles. The molecule has 4 saturated heterocycles. The van der Waals surface area contributed by atoms with Gasteiger partial charge in [-0.2, -0.15) is 26.3 Å². The molecular formula is C77H120F8N12O14. The summed E-state index contributed by atoms with van der Waals surface area (Å²) in [6.45, 7) is 9.40. The number of carbonyl (C=O) groups is 12. The van der Waals surface area contributed by atoms with Crippen LogP contribution >= 0.6 is 0 Å². The van der Waals surface area contributed by atoms with Crippen LogP contribution in [0.4, 0.5) is 35.1 Å². The highest BCUT2D eigenvalue weighted by Gasteiger charge is 2.57. The lowest BCUT2D eigenvalue weighted by molar-refractivity contribution is -0.219. The smallest absolute Gasteiger partial charge is 0.378 e. The van der Waals surface area contributed by atoms with Gasteiger partial charge in [-0.25, -0.2) is 8.78 Å². The molecule has 0 aromatic rings. The molecule has 34 heteroatoms. The van der Waals surface area contributed by atoms with Crippen LogP contribution in [0, 0.1) is 40.9 Å². The molecule has 4 heterocycles. The Morgan fingerprint density at radius 3 is 1.78 bits per heavy atom. The molecule has 0 radical (unpaired) electrons. The highest BCUT2D eigenvalue weighted by atomic mass is 19.4. The Morgan fingerprint density at radius 1 is 0.604 bits per heavy atom. The van der Waals surface area contributed by atoms with Crippen LogP contribution in [0.15, 0.2) is 0 Å². The van der Waals surface area contributed by atoms with Crippen molar-refractivity contribution < 1.29 is 102 Å². The van der Waals surface area contributed by atoms with E-state index in [-0.39, 0.29) is 123 Å². The zero-order chi connectivity index (χ0) is 82.1. The number of nitrogens with one attached hydrogen (secondary N) is 3. The second-order valence-electron chi connectivity index (χ2n) is 34.0. The van der Waals surface area contributed by atoms with E-state index < -0.39 is 235 Å². The van der Waals surface area contributed by atoms with Gasteiger partial charge >= 0.3 is 12.4 Å². The van der Waals surface area contributed by atoms with E-state index in [9.17, 15) is 40.7 Å². The predicted octanol–water partition coefficient (Wildman–Crippen LogP) is 6.35. The largest absolute Gasteiger partial charge is 0.397 e. The highest BCUT2D eigenvalue weighted by Crippen LogP contribution is 2.46. The van der Waals surface area contributed by atoms with Crippen molar-refractivity contribution in [2.45, 2.75) is 274 Å². The first-order valence-corrected chi connectivity index (χ1v) is 40.0. The molecule has 2 unspecified atom stereocenters. The molecule has 8 aliphatic rings. The third-order valence-electron chi connectivity index (χ3n) is 25.0. The average Bonchev–Trinajstić information content (AvgIpc) is 1.71. The van der Waals surface area contributed by atoms with E-state index in [4.69, 9.17) is 9.47 Å². The number of alkyl halides is 8. The van der Waals surface area contributed by atoms with Crippen LogP contribution in [0.5, 0.6) is 0 Å². The van der Waals surface area contributed by atoms with Crippen molar-refractivity contribution in [1.29, 1.82) is 0 Å². The van der Waals surface area contributed by atoms with E-state index in [2.05, 4.69) is 16.0 Å². The second kappa shape index (κ2) is 38.0. The third-order valence-corrected chi connectivity index (χ3v) is 25.0. The Kier molecular flexibility index (Phi) is 30.6. The minimum absolute atomic E-state index is 0.00647. The van der Waals surface area contributed by atoms with Gasteiger partial charge in [0, 0.05) is 81.5 Å². The summed E-state index contributed by atoms with van der Waals surface area (Å²) < 4.78 is 127. The summed E-state index contributed by atoms with van der Waals surface area (Å²) in [6, 6.07) is -11.3. The number of morpholine rings is 1. The Balaban J connectivity index is 1.21. The van der Waals surface area contributed by atoms with Gasteiger partial charge in [0.2, 0.25) is 70.9 Å². The van der Waals surface area contributed by atoms with E-state index in [1.807, 2.05) is 20.8 Å². The highest BCUT2D eigenvalue weighted by molar-refractivity contribution is 6.01. The van der Waals surface area contributed by atoms with Crippen LogP contribution in [0.1, 0.15) is 189 Å². The number of amides is 12. The number of likely N-dealkylation sites (N-methyl/N-ethyl adjacent to an activating group) is 6. The minimum atomic E-state index is -5.22. The Hall–Kier alpha value is -7.00. The molecule has 111 heavy (non-hydrogen) atoms. The van der Waals surface area contributed by atoms with Gasteiger partial charge in [0.25, 0.3) is 0 Å². The Morgan fingerprint density at radius 2 is 1.22 bits per heavy atom. The van der Waals surface area contributed by atoms with Crippen molar-refractivity contribution in [3.05, 3.63) is 0 Å². The quantitative estimate of drug-likeness (QED) is 0.180. The SMILES string of the molecule is CCO[C@@H]1C[C@H]2C(=O)NC3(CCC3)C(=O)N(C)[C@@H](C3CCCC3)C(=O)N(C)[C@H](C(=O)N3CCOCC3)CC(=O)N(C)[C@@H](CC(C)(C)C)C(=O)N[C@@H]([C@@H](C)CC)C(=O)N(C)CC(=O)N(C)[C@H]3CCCCN(C3=O)[C@@H](CC3CCC(C(F)(F)F)CC3)C(=O)N(C)CC(=O)N[C@@H](CCC3CC(F)C(C(F)(F)F)C(F)C3)C(=O)N2C1. The van der Waals surface area contributed by atoms with Crippen molar-refractivity contribution in [2.24, 2.45) is 40.9 Å². The van der Waals surface area contributed by atoms with Gasteiger partial charge in [0.15, 0.2) is 0 Å².